The van der Waals surface area contributed by atoms with Crippen LogP contribution in [-0.4, -0.2) is 18.4 Å². The Morgan fingerprint density at radius 2 is 1.61 bits per heavy atom. The molecule has 2 rings (SSSR count). The lowest BCUT2D eigenvalue weighted by Gasteiger charge is -2.23. The number of hydrogen-bond donors (Lipinski definition) is 2. The van der Waals surface area contributed by atoms with Crippen molar-refractivity contribution in [3.8, 4) is 5.75 Å². The number of carbonyl (C=O) groups is 2. The summed E-state index contributed by atoms with van der Waals surface area (Å²) in [5.41, 5.74) is 0.560. The molecule has 0 aliphatic rings. The van der Waals surface area contributed by atoms with Crippen LogP contribution in [0.4, 0.5) is 5.69 Å². The molecule has 0 fully saturated rings. The maximum absolute atomic E-state index is 12.6. The van der Waals surface area contributed by atoms with E-state index in [9.17, 15) is 9.59 Å². The van der Waals surface area contributed by atoms with Gasteiger partial charge in [0.2, 0.25) is 11.8 Å². The minimum atomic E-state index is -1.15. The molecule has 2 N–H and O–H groups in total. The van der Waals surface area contributed by atoms with Crippen molar-refractivity contribution < 1.29 is 14.3 Å². The van der Waals surface area contributed by atoms with E-state index in [2.05, 4.69) is 24.5 Å². The van der Waals surface area contributed by atoms with Crippen LogP contribution in [0, 0.1) is 11.3 Å². The fraction of sp³-hybridized carbons (Fsp3) is 0.391. The van der Waals surface area contributed by atoms with E-state index in [0.717, 1.165) is 12.0 Å². The van der Waals surface area contributed by atoms with E-state index in [1.165, 1.54) is 0 Å². The zero-order chi connectivity index (χ0) is 20.6. The summed E-state index contributed by atoms with van der Waals surface area (Å²) in [6.45, 7) is 8.50. The van der Waals surface area contributed by atoms with Crippen molar-refractivity contribution in [1.29, 1.82) is 0 Å². The Labute approximate surface area is 167 Å². The first-order valence-corrected chi connectivity index (χ1v) is 9.65. The number of amides is 2. The first-order valence-electron chi connectivity index (χ1n) is 9.65. The van der Waals surface area contributed by atoms with E-state index in [1.54, 1.807) is 38.1 Å². The van der Waals surface area contributed by atoms with Gasteiger partial charge in [0.05, 0.1) is 0 Å². The van der Waals surface area contributed by atoms with Crippen molar-refractivity contribution in [2.45, 2.75) is 40.7 Å². The van der Waals surface area contributed by atoms with Gasteiger partial charge in [-0.25, -0.2) is 0 Å². The van der Waals surface area contributed by atoms with Crippen LogP contribution in [0.25, 0.3) is 0 Å². The maximum atomic E-state index is 12.6. The van der Waals surface area contributed by atoms with Gasteiger partial charge in [-0.2, -0.15) is 0 Å². The SMILES string of the molecule is CC(C)CCNC(=O)C(C)(C)C(=O)Nc1ccc(OCc2ccccc2)cc1. The first-order chi connectivity index (χ1) is 13.3. The molecule has 0 bridgehead atoms. The number of anilines is 1. The molecule has 2 amide bonds. The second kappa shape index (κ2) is 9.93. The molecular weight excluding hydrogens is 352 g/mol. The topological polar surface area (TPSA) is 67.4 Å². The lowest BCUT2D eigenvalue weighted by Crippen LogP contribution is -2.45. The summed E-state index contributed by atoms with van der Waals surface area (Å²) in [6.07, 6.45) is 0.883. The van der Waals surface area contributed by atoms with Crippen molar-refractivity contribution in [3.63, 3.8) is 0 Å². The van der Waals surface area contributed by atoms with Gasteiger partial charge in [-0.05, 0) is 56.0 Å². The molecule has 2 aromatic rings. The summed E-state index contributed by atoms with van der Waals surface area (Å²) in [6, 6.07) is 17.0. The standard InChI is InChI=1S/C23H30N2O3/c1-17(2)14-15-24-21(26)23(3,4)22(27)25-19-10-12-20(13-11-19)28-16-18-8-6-5-7-9-18/h5-13,17H,14-16H2,1-4H3,(H,24,26)(H,25,27). The Morgan fingerprint density at radius 3 is 2.21 bits per heavy atom. The Balaban J connectivity index is 1.87. The second-order valence-electron chi connectivity index (χ2n) is 7.82. The van der Waals surface area contributed by atoms with Gasteiger partial charge < -0.3 is 15.4 Å². The van der Waals surface area contributed by atoms with Gasteiger partial charge in [0.1, 0.15) is 17.8 Å². The largest absolute Gasteiger partial charge is 0.489 e. The molecule has 0 spiro atoms. The molecule has 0 unspecified atom stereocenters. The van der Waals surface area contributed by atoms with Gasteiger partial charge in [-0.15, -0.1) is 0 Å². The van der Waals surface area contributed by atoms with Gasteiger partial charge in [0, 0.05) is 12.2 Å². The predicted octanol–water partition coefficient (Wildman–Crippen LogP) is 4.39. The summed E-state index contributed by atoms with van der Waals surface area (Å²) < 4.78 is 5.74. The van der Waals surface area contributed by atoms with Crippen LogP contribution >= 0.6 is 0 Å². The van der Waals surface area contributed by atoms with E-state index in [1.807, 2.05) is 30.3 Å². The number of hydrogen-bond acceptors (Lipinski definition) is 3. The minimum absolute atomic E-state index is 0.270. The Kier molecular flexibility index (Phi) is 7.61. The maximum Gasteiger partial charge on any atom is 0.239 e. The van der Waals surface area contributed by atoms with Crippen molar-refractivity contribution in [2.75, 3.05) is 11.9 Å². The van der Waals surface area contributed by atoms with Crippen LogP contribution in [0.2, 0.25) is 0 Å². The highest BCUT2D eigenvalue weighted by Crippen LogP contribution is 2.21. The third kappa shape index (κ3) is 6.41. The third-order valence-corrected chi connectivity index (χ3v) is 4.50. The van der Waals surface area contributed by atoms with Gasteiger partial charge in [0.15, 0.2) is 0 Å². The van der Waals surface area contributed by atoms with Gasteiger partial charge in [-0.1, -0.05) is 44.2 Å². The Hall–Kier alpha value is -2.82. The molecule has 150 valence electrons. The van der Waals surface area contributed by atoms with Crippen molar-refractivity contribution in [1.82, 2.24) is 5.32 Å². The molecule has 28 heavy (non-hydrogen) atoms. The minimum Gasteiger partial charge on any atom is -0.489 e. The zero-order valence-corrected chi connectivity index (χ0v) is 17.1. The Morgan fingerprint density at radius 1 is 0.964 bits per heavy atom. The average molecular weight is 383 g/mol. The number of benzene rings is 2. The third-order valence-electron chi connectivity index (χ3n) is 4.50. The quantitative estimate of drug-likeness (QED) is 0.632. The van der Waals surface area contributed by atoms with Crippen molar-refractivity contribution >= 4 is 17.5 Å². The van der Waals surface area contributed by atoms with Crippen LogP contribution in [0.5, 0.6) is 5.75 Å². The summed E-state index contributed by atoms with van der Waals surface area (Å²) in [5, 5.41) is 5.65. The van der Waals surface area contributed by atoms with E-state index in [-0.39, 0.29) is 11.8 Å². The van der Waals surface area contributed by atoms with Crippen LogP contribution < -0.4 is 15.4 Å². The van der Waals surface area contributed by atoms with Gasteiger partial charge >= 0.3 is 0 Å². The van der Waals surface area contributed by atoms with E-state index in [0.29, 0.717) is 30.5 Å². The predicted molar refractivity (Wildman–Crippen MR) is 112 cm³/mol. The van der Waals surface area contributed by atoms with Crippen LogP contribution in [0.1, 0.15) is 39.7 Å². The average Bonchev–Trinajstić information content (AvgIpc) is 2.67. The monoisotopic (exact) mass is 382 g/mol. The normalized spacial score (nSPS) is 11.2. The number of nitrogens with one attached hydrogen (secondary N) is 2. The smallest absolute Gasteiger partial charge is 0.239 e. The molecule has 5 heteroatoms. The molecule has 0 aromatic heterocycles. The number of rotatable bonds is 9. The highest BCUT2D eigenvalue weighted by Gasteiger charge is 2.35. The van der Waals surface area contributed by atoms with Gasteiger partial charge in [0.25, 0.3) is 0 Å². The molecule has 0 aliphatic carbocycles. The second-order valence-corrected chi connectivity index (χ2v) is 7.82. The molecule has 0 saturated carbocycles. The molecule has 0 heterocycles. The highest BCUT2D eigenvalue weighted by molar-refractivity contribution is 6.09. The van der Waals surface area contributed by atoms with Crippen LogP contribution in [0.15, 0.2) is 54.6 Å². The summed E-state index contributed by atoms with van der Waals surface area (Å²) in [7, 11) is 0. The van der Waals surface area contributed by atoms with Crippen LogP contribution in [0.3, 0.4) is 0 Å². The van der Waals surface area contributed by atoms with Gasteiger partial charge in [-0.3, -0.25) is 9.59 Å². The first kappa shape index (κ1) is 21.5. The number of carbonyl (C=O) groups excluding carboxylic acids is 2. The summed E-state index contributed by atoms with van der Waals surface area (Å²) >= 11 is 0. The fourth-order valence-corrected chi connectivity index (χ4v) is 2.46. The molecule has 5 nitrogen and oxygen atoms in total. The summed E-state index contributed by atoms with van der Waals surface area (Å²) in [4.78, 5) is 24.9. The van der Waals surface area contributed by atoms with Crippen molar-refractivity contribution in [3.05, 3.63) is 60.2 Å². The zero-order valence-electron chi connectivity index (χ0n) is 17.1. The molecule has 0 radical (unpaired) electrons. The Bertz CT molecular complexity index is 768. The molecule has 2 aromatic carbocycles. The fourth-order valence-electron chi connectivity index (χ4n) is 2.46. The lowest BCUT2D eigenvalue weighted by molar-refractivity contribution is -0.138. The van der Waals surface area contributed by atoms with Crippen molar-refractivity contribution in [2.24, 2.45) is 11.3 Å². The van der Waals surface area contributed by atoms with Crippen LogP contribution in [-0.2, 0) is 16.2 Å². The molecule has 0 atom stereocenters. The molecular formula is C23H30N2O3. The molecule has 0 aliphatic heterocycles. The van der Waals surface area contributed by atoms with E-state index < -0.39 is 5.41 Å². The van der Waals surface area contributed by atoms with E-state index >= 15 is 0 Å². The number of ether oxygens (including phenoxy) is 1. The highest BCUT2D eigenvalue weighted by atomic mass is 16.5. The summed E-state index contributed by atoms with van der Waals surface area (Å²) in [5.74, 6) is 0.605. The molecule has 0 saturated heterocycles. The lowest BCUT2D eigenvalue weighted by atomic mass is 9.90. The van der Waals surface area contributed by atoms with E-state index in [4.69, 9.17) is 4.74 Å².